The monoisotopic (exact) mass is 265 g/mol. The van der Waals surface area contributed by atoms with Crippen molar-refractivity contribution in [1.29, 1.82) is 0 Å². The normalized spacial score (nSPS) is 9.64. The molecule has 0 saturated heterocycles. The highest BCUT2D eigenvalue weighted by Crippen LogP contribution is 2.04. The Morgan fingerprint density at radius 2 is 2.27 bits per heavy atom. The molecule has 0 unspecified atom stereocenters. The molecule has 0 spiro atoms. The molecule has 0 fully saturated rings. The lowest BCUT2D eigenvalue weighted by atomic mass is 10.7. The van der Waals surface area contributed by atoms with Gasteiger partial charge in [0.25, 0.3) is 0 Å². The highest BCUT2D eigenvalue weighted by atomic mass is 127. The van der Waals surface area contributed by atoms with Crippen molar-refractivity contribution < 1.29 is 4.74 Å². The van der Waals surface area contributed by atoms with Gasteiger partial charge >= 0.3 is 0 Å². The van der Waals surface area contributed by atoms with E-state index < -0.39 is 0 Å². The van der Waals surface area contributed by atoms with Gasteiger partial charge in [0.1, 0.15) is 10.3 Å². The van der Waals surface area contributed by atoms with Crippen molar-refractivity contribution >= 4 is 22.6 Å². The summed E-state index contributed by atoms with van der Waals surface area (Å²) in [6.07, 6.45) is 3.23. The molecule has 0 radical (unpaired) electrons. The molecular formula is C6H8IN3O. The first-order chi connectivity index (χ1) is 5.33. The lowest BCUT2D eigenvalue weighted by Crippen LogP contribution is -2.11. The lowest BCUT2D eigenvalue weighted by Gasteiger charge is -2.00. The Kier molecular flexibility index (Phi) is 3.50. The molecule has 11 heavy (non-hydrogen) atoms. The zero-order valence-electron chi connectivity index (χ0n) is 5.83. The predicted molar refractivity (Wildman–Crippen MR) is 49.3 cm³/mol. The van der Waals surface area contributed by atoms with Gasteiger partial charge in [0, 0.05) is 6.54 Å². The van der Waals surface area contributed by atoms with E-state index in [1.165, 1.54) is 0 Å². The van der Waals surface area contributed by atoms with E-state index in [0.29, 0.717) is 19.0 Å². The summed E-state index contributed by atoms with van der Waals surface area (Å²) in [5.41, 5.74) is 5.23. The Morgan fingerprint density at radius 1 is 1.45 bits per heavy atom. The topological polar surface area (TPSA) is 61.0 Å². The maximum atomic E-state index is 5.23. The molecule has 0 aliphatic heterocycles. The van der Waals surface area contributed by atoms with Crippen LogP contribution < -0.4 is 10.5 Å². The largest absolute Gasteiger partial charge is 0.475 e. The van der Waals surface area contributed by atoms with E-state index in [2.05, 4.69) is 32.6 Å². The average molecular weight is 265 g/mol. The van der Waals surface area contributed by atoms with Gasteiger partial charge in [-0.2, -0.15) is 0 Å². The number of nitrogens with zero attached hydrogens (tertiary/aromatic N) is 2. The Morgan fingerprint density at radius 3 is 2.82 bits per heavy atom. The van der Waals surface area contributed by atoms with Crippen molar-refractivity contribution in [3.05, 3.63) is 16.1 Å². The number of rotatable bonds is 3. The highest BCUT2D eigenvalue weighted by molar-refractivity contribution is 14.1. The van der Waals surface area contributed by atoms with Crippen molar-refractivity contribution in [1.82, 2.24) is 9.97 Å². The maximum absolute atomic E-state index is 5.23. The fourth-order valence-corrected chi connectivity index (χ4v) is 0.817. The quantitative estimate of drug-likeness (QED) is 0.804. The van der Waals surface area contributed by atoms with Crippen LogP contribution in [0, 0.1) is 3.70 Å². The van der Waals surface area contributed by atoms with Gasteiger partial charge in [0.05, 0.1) is 12.4 Å². The summed E-state index contributed by atoms with van der Waals surface area (Å²) in [6.45, 7) is 0.975. The molecule has 0 aromatic carbocycles. The van der Waals surface area contributed by atoms with Gasteiger partial charge in [0.2, 0.25) is 5.88 Å². The summed E-state index contributed by atoms with van der Waals surface area (Å²) in [4.78, 5) is 7.96. The molecule has 2 N–H and O–H groups in total. The fourth-order valence-electron chi connectivity index (χ4n) is 0.538. The molecule has 4 nitrogen and oxygen atoms in total. The second-order valence-corrected chi connectivity index (χ2v) is 2.92. The molecule has 0 bridgehead atoms. The third kappa shape index (κ3) is 2.98. The molecule has 0 aliphatic carbocycles. The predicted octanol–water partition coefficient (Wildman–Crippen LogP) is 0.419. The van der Waals surface area contributed by atoms with E-state index in [4.69, 9.17) is 10.5 Å². The first-order valence-corrected chi connectivity index (χ1v) is 4.21. The summed E-state index contributed by atoms with van der Waals surface area (Å²) >= 11 is 2.08. The molecule has 1 aromatic rings. The third-order valence-electron chi connectivity index (χ3n) is 0.964. The SMILES string of the molecule is NCCOc1cnc(I)cn1. The average Bonchev–Trinajstić information content (AvgIpc) is 2.04. The van der Waals surface area contributed by atoms with Crippen LogP contribution in [-0.4, -0.2) is 23.1 Å². The number of hydrogen-bond acceptors (Lipinski definition) is 4. The van der Waals surface area contributed by atoms with E-state index in [9.17, 15) is 0 Å². The van der Waals surface area contributed by atoms with Crippen LogP contribution >= 0.6 is 22.6 Å². The Labute approximate surface area is 78.3 Å². The summed E-state index contributed by atoms with van der Waals surface area (Å²) in [5.74, 6) is 0.524. The van der Waals surface area contributed by atoms with Crippen LogP contribution in [0.4, 0.5) is 0 Å². The molecular weight excluding hydrogens is 257 g/mol. The van der Waals surface area contributed by atoms with Gasteiger partial charge < -0.3 is 10.5 Å². The molecule has 60 valence electrons. The molecule has 1 aromatic heterocycles. The smallest absolute Gasteiger partial charge is 0.232 e. The molecule has 5 heteroatoms. The van der Waals surface area contributed by atoms with Crippen molar-refractivity contribution in [3.63, 3.8) is 0 Å². The van der Waals surface area contributed by atoms with Gasteiger partial charge in [-0.1, -0.05) is 0 Å². The first kappa shape index (κ1) is 8.66. The van der Waals surface area contributed by atoms with Crippen LogP contribution in [0.1, 0.15) is 0 Å². The standard InChI is InChI=1S/C6H8IN3O/c7-5-3-10-6(4-9-5)11-2-1-8/h3-4H,1-2,8H2. The van der Waals surface area contributed by atoms with Crippen LogP contribution in [0.25, 0.3) is 0 Å². The lowest BCUT2D eigenvalue weighted by molar-refractivity contribution is 0.314. The number of nitrogens with two attached hydrogens (primary N) is 1. The minimum atomic E-state index is 0.481. The van der Waals surface area contributed by atoms with Crippen molar-refractivity contribution in [3.8, 4) is 5.88 Å². The molecule has 1 heterocycles. The molecule has 0 atom stereocenters. The van der Waals surface area contributed by atoms with Gasteiger partial charge in [-0.15, -0.1) is 0 Å². The van der Waals surface area contributed by atoms with Crippen LogP contribution in [-0.2, 0) is 0 Å². The number of ether oxygens (including phenoxy) is 1. The molecule has 0 saturated carbocycles. The van der Waals surface area contributed by atoms with Crippen molar-refractivity contribution in [2.75, 3.05) is 13.2 Å². The summed E-state index contributed by atoms with van der Waals surface area (Å²) in [7, 11) is 0. The molecule has 0 aliphatic rings. The Bertz CT molecular complexity index is 214. The van der Waals surface area contributed by atoms with E-state index in [-0.39, 0.29) is 0 Å². The van der Waals surface area contributed by atoms with Crippen LogP contribution in [0.2, 0.25) is 0 Å². The van der Waals surface area contributed by atoms with Crippen molar-refractivity contribution in [2.45, 2.75) is 0 Å². The third-order valence-corrected chi connectivity index (χ3v) is 1.52. The first-order valence-electron chi connectivity index (χ1n) is 3.13. The van der Waals surface area contributed by atoms with E-state index in [1.54, 1.807) is 12.4 Å². The second kappa shape index (κ2) is 4.45. The zero-order valence-corrected chi connectivity index (χ0v) is 7.98. The Hall–Kier alpha value is -0.430. The number of halogens is 1. The Balaban J connectivity index is 2.52. The van der Waals surface area contributed by atoms with Crippen LogP contribution in [0.3, 0.4) is 0 Å². The van der Waals surface area contributed by atoms with Crippen molar-refractivity contribution in [2.24, 2.45) is 5.73 Å². The summed E-state index contributed by atoms with van der Waals surface area (Å²) < 4.78 is 5.96. The number of aromatic nitrogens is 2. The molecule has 0 amide bonds. The van der Waals surface area contributed by atoms with E-state index in [0.717, 1.165) is 3.70 Å². The zero-order chi connectivity index (χ0) is 8.10. The van der Waals surface area contributed by atoms with Gasteiger partial charge in [-0.3, -0.25) is 0 Å². The fraction of sp³-hybridized carbons (Fsp3) is 0.333. The van der Waals surface area contributed by atoms with Gasteiger partial charge in [0.15, 0.2) is 0 Å². The second-order valence-electron chi connectivity index (χ2n) is 1.81. The minimum absolute atomic E-state index is 0.481. The maximum Gasteiger partial charge on any atom is 0.232 e. The highest BCUT2D eigenvalue weighted by Gasteiger charge is 1.93. The summed E-state index contributed by atoms with van der Waals surface area (Å²) in [5, 5.41) is 0. The van der Waals surface area contributed by atoms with E-state index in [1.807, 2.05) is 0 Å². The van der Waals surface area contributed by atoms with E-state index >= 15 is 0 Å². The summed E-state index contributed by atoms with van der Waals surface area (Å²) in [6, 6.07) is 0. The van der Waals surface area contributed by atoms with Crippen LogP contribution in [0.15, 0.2) is 12.4 Å². The minimum Gasteiger partial charge on any atom is -0.475 e. The van der Waals surface area contributed by atoms with Gasteiger partial charge in [-0.25, -0.2) is 9.97 Å². The van der Waals surface area contributed by atoms with Gasteiger partial charge in [-0.05, 0) is 22.6 Å². The number of hydrogen-bond donors (Lipinski definition) is 1. The molecule has 1 rings (SSSR count). The van der Waals surface area contributed by atoms with Crippen LogP contribution in [0.5, 0.6) is 5.88 Å².